The average molecular weight is 366 g/mol. The molecule has 0 saturated heterocycles. The average Bonchev–Trinajstić information content (AvgIpc) is 3.11. The van der Waals surface area contributed by atoms with Gasteiger partial charge in [0.1, 0.15) is 0 Å². The molecule has 0 aliphatic heterocycles. The Morgan fingerprint density at radius 3 is 1.89 bits per heavy atom. The Labute approximate surface area is 162 Å². The smallest absolute Gasteiger partial charge is 0.0775 e. The first kappa shape index (κ1) is 17.4. The number of benzene rings is 3. The highest BCUT2D eigenvalue weighted by Crippen LogP contribution is 2.20. The van der Waals surface area contributed by atoms with Gasteiger partial charge in [-0.2, -0.15) is 0 Å². The summed E-state index contributed by atoms with van der Waals surface area (Å²) in [5.74, 6) is 6.56. The van der Waals surface area contributed by atoms with E-state index in [-0.39, 0.29) is 0 Å². The molecule has 0 aliphatic carbocycles. The predicted molar refractivity (Wildman–Crippen MR) is 119 cm³/mol. The summed E-state index contributed by atoms with van der Waals surface area (Å²) >= 11 is 0. The second kappa shape index (κ2) is 6.94. The summed E-state index contributed by atoms with van der Waals surface area (Å²) in [6.45, 7) is 7.09. The SMILES string of the molecule is C[Si](C)(C)c1ccc(C#Cc2ccc(-n3ccc4ccccc43)cc2)cc1. The summed E-state index contributed by atoms with van der Waals surface area (Å²) < 4.78 is 2.21. The standard InChI is InChI=1S/C25H23NSi/c1-27(2,3)24-16-12-21(13-17-24)9-8-20-10-14-23(15-11-20)26-19-18-22-6-4-5-7-25(22)26/h4-7,10-19H,1-3H3. The zero-order valence-corrected chi connectivity index (χ0v) is 17.0. The molecular weight excluding hydrogens is 342 g/mol. The molecule has 0 aliphatic rings. The zero-order valence-electron chi connectivity index (χ0n) is 16.0. The third kappa shape index (κ3) is 3.74. The van der Waals surface area contributed by atoms with Gasteiger partial charge in [0.15, 0.2) is 0 Å². The molecule has 0 atom stereocenters. The van der Waals surface area contributed by atoms with E-state index in [0.717, 1.165) is 16.8 Å². The Bertz CT molecular complexity index is 1130. The number of nitrogens with zero attached hydrogens (tertiary/aromatic N) is 1. The van der Waals surface area contributed by atoms with Crippen LogP contribution in [-0.4, -0.2) is 12.6 Å². The third-order valence-electron chi connectivity index (χ3n) is 4.85. The molecule has 1 heterocycles. The number of aromatic nitrogens is 1. The number of hydrogen-bond acceptors (Lipinski definition) is 0. The molecular formula is C25H23NSi. The van der Waals surface area contributed by atoms with Crippen LogP contribution >= 0.6 is 0 Å². The van der Waals surface area contributed by atoms with E-state index in [4.69, 9.17) is 0 Å². The number of para-hydroxylation sites is 1. The molecule has 4 rings (SSSR count). The van der Waals surface area contributed by atoms with E-state index in [9.17, 15) is 0 Å². The summed E-state index contributed by atoms with van der Waals surface area (Å²) in [6, 6.07) is 27.8. The Morgan fingerprint density at radius 1 is 0.667 bits per heavy atom. The van der Waals surface area contributed by atoms with Crippen molar-refractivity contribution in [2.75, 3.05) is 0 Å². The monoisotopic (exact) mass is 365 g/mol. The van der Waals surface area contributed by atoms with E-state index in [1.165, 1.54) is 16.1 Å². The van der Waals surface area contributed by atoms with Gasteiger partial charge in [-0.05, 0) is 53.9 Å². The van der Waals surface area contributed by atoms with Crippen LogP contribution in [0.2, 0.25) is 19.6 Å². The van der Waals surface area contributed by atoms with E-state index in [1.54, 1.807) is 0 Å². The van der Waals surface area contributed by atoms with Gasteiger partial charge >= 0.3 is 0 Å². The fraction of sp³-hybridized carbons (Fsp3) is 0.120. The van der Waals surface area contributed by atoms with Gasteiger partial charge in [-0.25, -0.2) is 0 Å². The number of hydrogen-bond donors (Lipinski definition) is 0. The van der Waals surface area contributed by atoms with Crippen LogP contribution in [-0.2, 0) is 0 Å². The molecule has 1 nitrogen and oxygen atoms in total. The second-order valence-corrected chi connectivity index (χ2v) is 12.9. The first-order valence-electron chi connectivity index (χ1n) is 9.30. The molecule has 3 aromatic carbocycles. The van der Waals surface area contributed by atoms with Gasteiger partial charge in [-0.15, -0.1) is 0 Å². The molecule has 0 radical (unpaired) electrons. The Morgan fingerprint density at radius 2 is 1.26 bits per heavy atom. The summed E-state index contributed by atoms with van der Waals surface area (Å²) in [5, 5.41) is 2.72. The van der Waals surface area contributed by atoms with Gasteiger partial charge in [0.25, 0.3) is 0 Å². The molecule has 0 saturated carbocycles. The predicted octanol–water partition coefficient (Wildman–Crippen LogP) is 5.58. The largest absolute Gasteiger partial charge is 0.317 e. The van der Waals surface area contributed by atoms with Crippen LogP contribution in [0.15, 0.2) is 85.1 Å². The van der Waals surface area contributed by atoms with Crippen molar-refractivity contribution < 1.29 is 0 Å². The maximum absolute atomic E-state index is 3.28. The lowest BCUT2D eigenvalue weighted by atomic mass is 10.1. The fourth-order valence-corrected chi connectivity index (χ4v) is 4.38. The fourth-order valence-electron chi connectivity index (χ4n) is 3.21. The highest BCUT2D eigenvalue weighted by molar-refractivity contribution is 6.88. The van der Waals surface area contributed by atoms with E-state index in [2.05, 4.69) is 121 Å². The van der Waals surface area contributed by atoms with Crippen molar-refractivity contribution in [1.82, 2.24) is 4.57 Å². The van der Waals surface area contributed by atoms with Crippen LogP contribution in [0.3, 0.4) is 0 Å². The van der Waals surface area contributed by atoms with Gasteiger partial charge in [0.2, 0.25) is 0 Å². The lowest BCUT2D eigenvalue weighted by molar-refractivity contribution is 1.13. The van der Waals surface area contributed by atoms with Gasteiger partial charge in [-0.3, -0.25) is 0 Å². The topological polar surface area (TPSA) is 4.93 Å². The van der Waals surface area contributed by atoms with Crippen LogP contribution in [0.25, 0.3) is 16.6 Å². The molecule has 0 N–H and O–H groups in total. The van der Waals surface area contributed by atoms with Crippen LogP contribution in [0.1, 0.15) is 11.1 Å². The minimum atomic E-state index is -1.25. The van der Waals surface area contributed by atoms with Crippen molar-refractivity contribution in [3.8, 4) is 17.5 Å². The normalized spacial score (nSPS) is 11.2. The highest BCUT2D eigenvalue weighted by atomic mass is 28.3. The van der Waals surface area contributed by atoms with Gasteiger partial charge in [-0.1, -0.05) is 67.0 Å². The van der Waals surface area contributed by atoms with Crippen LogP contribution in [0, 0.1) is 11.8 Å². The van der Waals surface area contributed by atoms with Crippen LogP contribution in [0.4, 0.5) is 0 Å². The molecule has 1 aromatic heterocycles. The van der Waals surface area contributed by atoms with Crippen molar-refractivity contribution in [1.29, 1.82) is 0 Å². The summed E-state index contributed by atoms with van der Waals surface area (Å²) in [5.41, 5.74) is 4.47. The van der Waals surface area contributed by atoms with E-state index in [0.29, 0.717) is 0 Å². The quantitative estimate of drug-likeness (QED) is 0.323. The van der Waals surface area contributed by atoms with Crippen molar-refractivity contribution in [3.63, 3.8) is 0 Å². The summed E-state index contributed by atoms with van der Waals surface area (Å²) in [7, 11) is -1.25. The zero-order chi connectivity index (χ0) is 18.9. The lowest BCUT2D eigenvalue weighted by Gasteiger charge is -2.15. The number of rotatable bonds is 2. The minimum Gasteiger partial charge on any atom is -0.317 e. The Hall–Kier alpha value is -3.02. The maximum atomic E-state index is 3.28. The molecule has 0 amide bonds. The highest BCUT2D eigenvalue weighted by Gasteiger charge is 2.15. The van der Waals surface area contributed by atoms with Crippen LogP contribution in [0.5, 0.6) is 0 Å². The second-order valence-electron chi connectivity index (χ2n) is 7.87. The van der Waals surface area contributed by atoms with E-state index < -0.39 is 8.07 Å². The molecule has 27 heavy (non-hydrogen) atoms. The molecule has 0 bridgehead atoms. The van der Waals surface area contributed by atoms with E-state index in [1.807, 2.05) is 0 Å². The summed E-state index contributed by atoms with van der Waals surface area (Å²) in [6.07, 6.45) is 2.12. The van der Waals surface area contributed by atoms with E-state index >= 15 is 0 Å². The minimum absolute atomic E-state index is 1.03. The Kier molecular flexibility index (Phi) is 4.47. The first-order valence-corrected chi connectivity index (χ1v) is 12.8. The van der Waals surface area contributed by atoms with Gasteiger partial charge in [0.05, 0.1) is 13.6 Å². The molecule has 0 unspecified atom stereocenters. The molecule has 2 heteroatoms. The van der Waals surface area contributed by atoms with Crippen molar-refractivity contribution in [3.05, 3.63) is 96.2 Å². The van der Waals surface area contributed by atoms with Gasteiger partial charge in [0, 0.05) is 23.0 Å². The first-order chi connectivity index (χ1) is 13.0. The lowest BCUT2D eigenvalue weighted by Crippen LogP contribution is -2.37. The molecule has 4 aromatic rings. The van der Waals surface area contributed by atoms with Crippen LogP contribution < -0.4 is 5.19 Å². The number of fused-ring (bicyclic) bond motifs is 1. The molecule has 0 spiro atoms. The third-order valence-corrected chi connectivity index (χ3v) is 6.91. The van der Waals surface area contributed by atoms with Gasteiger partial charge < -0.3 is 4.57 Å². The van der Waals surface area contributed by atoms with Crippen molar-refractivity contribution in [2.24, 2.45) is 0 Å². The van der Waals surface area contributed by atoms with Crippen molar-refractivity contribution >= 4 is 24.2 Å². The Balaban J connectivity index is 1.56. The summed E-state index contributed by atoms with van der Waals surface area (Å²) in [4.78, 5) is 0. The molecule has 132 valence electrons. The van der Waals surface area contributed by atoms with Crippen molar-refractivity contribution in [2.45, 2.75) is 19.6 Å². The maximum Gasteiger partial charge on any atom is 0.0775 e. The molecule has 0 fully saturated rings.